The summed E-state index contributed by atoms with van der Waals surface area (Å²) in [7, 11) is -3.90. The average Bonchev–Trinajstić information content (AvgIpc) is 2.78. The summed E-state index contributed by atoms with van der Waals surface area (Å²) in [5, 5.41) is 0. The van der Waals surface area contributed by atoms with E-state index in [1.165, 1.54) is 0 Å². The number of hydrogen-bond donors (Lipinski definition) is 0. The van der Waals surface area contributed by atoms with Gasteiger partial charge >= 0.3 is 0 Å². The molecule has 2 aromatic rings. The van der Waals surface area contributed by atoms with E-state index in [-0.39, 0.29) is 23.5 Å². The summed E-state index contributed by atoms with van der Waals surface area (Å²) in [4.78, 5) is 15.1. The highest BCUT2D eigenvalue weighted by Crippen LogP contribution is 2.51. The maximum Gasteiger partial charge on any atom is 0.297 e. The van der Waals surface area contributed by atoms with Crippen molar-refractivity contribution in [1.29, 1.82) is 0 Å². The van der Waals surface area contributed by atoms with Crippen LogP contribution in [0.15, 0.2) is 59.5 Å². The van der Waals surface area contributed by atoms with Crippen LogP contribution in [-0.4, -0.2) is 31.9 Å². The maximum absolute atomic E-state index is 13.2. The monoisotopic (exact) mass is 415 g/mol. The number of rotatable bonds is 6. The molecule has 3 rings (SSSR count). The van der Waals surface area contributed by atoms with Gasteiger partial charge < -0.3 is 4.90 Å². The minimum absolute atomic E-state index is 0.00712. The van der Waals surface area contributed by atoms with Gasteiger partial charge in [0.25, 0.3) is 10.1 Å². The molecule has 1 aliphatic rings. The summed E-state index contributed by atoms with van der Waals surface area (Å²) in [6.07, 6.45) is 0. The van der Waals surface area contributed by atoms with Gasteiger partial charge in [-0.1, -0.05) is 75.7 Å². The van der Waals surface area contributed by atoms with E-state index >= 15 is 0 Å². The zero-order valence-electron chi connectivity index (χ0n) is 17.7. The Kier molecular flexibility index (Phi) is 5.62. The first-order chi connectivity index (χ1) is 13.5. The minimum atomic E-state index is -3.90. The van der Waals surface area contributed by atoms with Gasteiger partial charge in [0, 0.05) is 12.0 Å². The van der Waals surface area contributed by atoms with Crippen LogP contribution in [-0.2, 0) is 25.6 Å². The maximum atomic E-state index is 13.2. The van der Waals surface area contributed by atoms with Crippen molar-refractivity contribution in [2.24, 2.45) is 10.8 Å². The summed E-state index contributed by atoms with van der Waals surface area (Å²) in [5.41, 5.74) is 0.869. The van der Waals surface area contributed by atoms with Gasteiger partial charge in [-0.15, -0.1) is 0 Å². The molecule has 0 aliphatic carbocycles. The lowest BCUT2D eigenvalue weighted by atomic mass is 9.67. The van der Waals surface area contributed by atoms with Crippen LogP contribution in [0.1, 0.15) is 38.8 Å². The van der Waals surface area contributed by atoms with Crippen LogP contribution in [0.5, 0.6) is 0 Å². The van der Waals surface area contributed by atoms with Gasteiger partial charge in [-0.3, -0.25) is 8.98 Å². The molecule has 29 heavy (non-hydrogen) atoms. The number of carbonyl (C=O) groups excluding carboxylic acids is 1. The Morgan fingerprint density at radius 3 is 2.14 bits per heavy atom. The van der Waals surface area contributed by atoms with Crippen LogP contribution < -0.4 is 0 Å². The first kappa shape index (κ1) is 21.5. The van der Waals surface area contributed by atoms with E-state index in [9.17, 15) is 13.2 Å². The Morgan fingerprint density at radius 1 is 0.966 bits per heavy atom. The standard InChI is InChI=1S/C23H29NO4S/c1-17-11-13-19(14-12-17)29(26,27)28-16-20-22(2,3)23(4,5)21(25)24(20)15-18-9-7-6-8-10-18/h6-14,20H,15-16H2,1-5H3/t20-/m1/s1. The molecule has 1 aliphatic heterocycles. The zero-order chi connectivity index (χ0) is 21.4. The Labute approximate surface area is 173 Å². The molecule has 1 saturated heterocycles. The van der Waals surface area contributed by atoms with E-state index in [0.717, 1.165) is 11.1 Å². The van der Waals surface area contributed by atoms with E-state index in [1.54, 1.807) is 29.2 Å². The van der Waals surface area contributed by atoms with E-state index in [0.29, 0.717) is 6.54 Å². The third-order valence-corrected chi connectivity index (χ3v) is 7.80. The lowest BCUT2D eigenvalue weighted by Crippen LogP contribution is -2.42. The molecular weight excluding hydrogens is 386 g/mol. The molecule has 0 bridgehead atoms. The smallest absolute Gasteiger partial charge is 0.297 e. The van der Waals surface area contributed by atoms with Crippen LogP contribution in [0.25, 0.3) is 0 Å². The molecule has 1 amide bonds. The van der Waals surface area contributed by atoms with Crippen LogP contribution >= 0.6 is 0 Å². The van der Waals surface area contributed by atoms with Crippen molar-refractivity contribution in [3.8, 4) is 0 Å². The fraction of sp³-hybridized carbons (Fsp3) is 0.435. The Balaban J connectivity index is 1.87. The number of aryl methyl sites for hydroxylation is 1. The van der Waals surface area contributed by atoms with Gasteiger partial charge in [0.05, 0.1) is 23.0 Å². The SMILES string of the molecule is Cc1ccc(S(=O)(=O)OC[C@H]2N(Cc3ccccc3)C(=O)C(C)(C)C2(C)C)cc1. The molecule has 156 valence electrons. The second-order valence-corrected chi connectivity index (χ2v) is 10.4. The summed E-state index contributed by atoms with van der Waals surface area (Å²) in [5.74, 6) is 0.00712. The highest BCUT2D eigenvalue weighted by molar-refractivity contribution is 7.86. The fourth-order valence-electron chi connectivity index (χ4n) is 3.77. The van der Waals surface area contributed by atoms with Crippen LogP contribution in [0.3, 0.4) is 0 Å². The van der Waals surface area contributed by atoms with Crippen molar-refractivity contribution in [2.45, 2.75) is 52.1 Å². The van der Waals surface area contributed by atoms with Crippen molar-refractivity contribution in [2.75, 3.05) is 6.61 Å². The van der Waals surface area contributed by atoms with Crippen LogP contribution in [0, 0.1) is 17.8 Å². The Bertz CT molecular complexity index is 979. The second kappa shape index (κ2) is 7.58. The fourth-order valence-corrected chi connectivity index (χ4v) is 4.68. The molecule has 0 saturated carbocycles. The van der Waals surface area contributed by atoms with Crippen LogP contribution in [0.2, 0.25) is 0 Å². The Morgan fingerprint density at radius 2 is 1.55 bits per heavy atom. The number of likely N-dealkylation sites (tertiary alicyclic amines) is 1. The predicted molar refractivity (Wildman–Crippen MR) is 113 cm³/mol. The first-order valence-electron chi connectivity index (χ1n) is 9.78. The van der Waals surface area contributed by atoms with Crippen molar-refractivity contribution in [3.05, 3.63) is 65.7 Å². The summed E-state index contributed by atoms with van der Waals surface area (Å²) < 4.78 is 30.8. The van der Waals surface area contributed by atoms with Gasteiger partial charge in [0.1, 0.15) is 0 Å². The normalized spacial score (nSPS) is 20.8. The molecule has 5 nitrogen and oxygen atoms in total. The highest BCUT2D eigenvalue weighted by atomic mass is 32.2. The van der Waals surface area contributed by atoms with E-state index in [1.807, 2.05) is 65.0 Å². The van der Waals surface area contributed by atoms with Crippen molar-refractivity contribution < 1.29 is 17.4 Å². The molecule has 1 atom stereocenters. The largest absolute Gasteiger partial charge is 0.332 e. The van der Waals surface area contributed by atoms with Crippen molar-refractivity contribution >= 4 is 16.0 Å². The molecule has 0 unspecified atom stereocenters. The third-order valence-electron chi connectivity index (χ3n) is 6.50. The molecule has 0 aromatic heterocycles. The molecule has 0 radical (unpaired) electrons. The van der Waals surface area contributed by atoms with E-state index in [2.05, 4.69) is 0 Å². The third kappa shape index (κ3) is 3.96. The number of hydrogen-bond acceptors (Lipinski definition) is 4. The minimum Gasteiger partial charge on any atom is -0.332 e. The molecule has 2 aromatic carbocycles. The van der Waals surface area contributed by atoms with E-state index in [4.69, 9.17) is 4.18 Å². The first-order valence-corrected chi connectivity index (χ1v) is 11.2. The lowest BCUT2D eigenvalue weighted by Gasteiger charge is -2.36. The topological polar surface area (TPSA) is 63.7 Å². The van der Waals surface area contributed by atoms with Gasteiger partial charge in [-0.05, 0) is 24.6 Å². The summed E-state index contributed by atoms with van der Waals surface area (Å²) in [6, 6.07) is 15.9. The van der Waals surface area contributed by atoms with Gasteiger partial charge in [-0.2, -0.15) is 8.42 Å². The van der Waals surface area contributed by atoms with Gasteiger partial charge in [-0.25, -0.2) is 0 Å². The van der Waals surface area contributed by atoms with Crippen molar-refractivity contribution in [3.63, 3.8) is 0 Å². The molecule has 1 heterocycles. The predicted octanol–water partition coefficient (Wildman–Crippen LogP) is 4.16. The Hall–Kier alpha value is -2.18. The molecule has 1 fully saturated rings. The molecule has 0 N–H and O–H groups in total. The quantitative estimate of drug-likeness (QED) is 0.665. The number of benzene rings is 2. The van der Waals surface area contributed by atoms with Gasteiger partial charge in [0.15, 0.2) is 0 Å². The molecule has 6 heteroatoms. The van der Waals surface area contributed by atoms with Crippen LogP contribution in [0.4, 0.5) is 0 Å². The second-order valence-electron chi connectivity index (χ2n) is 8.83. The summed E-state index contributed by atoms with van der Waals surface area (Å²) >= 11 is 0. The lowest BCUT2D eigenvalue weighted by molar-refractivity contribution is -0.137. The highest BCUT2D eigenvalue weighted by Gasteiger charge is 2.59. The molecule has 0 spiro atoms. The number of amides is 1. The zero-order valence-corrected chi connectivity index (χ0v) is 18.5. The van der Waals surface area contributed by atoms with Crippen molar-refractivity contribution in [1.82, 2.24) is 4.90 Å². The number of nitrogens with zero attached hydrogens (tertiary/aromatic N) is 1. The molecular formula is C23H29NO4S. The average molecular weight is 416 g/mol. The summed E-state index contributed by atoms with van der Waals surface area (Å²) in [6.45, 7) is 10.1. The number of carbonyl (C=O) groups is 1. The van der Waals surface area contributed by atoms with E-state index < -0.39 is 20.9 Å². The van der Waals surface area contributed by atoms with Gasteiger partial charge in [0.2, 0.25) is 5.91 Å².